The Morgan fingerprint density at radius 1 is 1.56 bits per heavy atom. The Morgan fingerprint density at radius 2 is 2.33 bits per heavy atom. The van der Waals surface area contributed by atoms with Gasteiger partial charge in [-0.3, -0.25) is 0 Å². The molecule has 6 heteroatoms. The molecule has 0 spiro atoms. The van der Waals surface area contributed by atoms with Gasteiger partial charge >= 0.3 is 5.97 Å². The molecule has 0 atom stereocenters. The predicted octanol–water partition coefficient (Wildman–Crippen LogP) is 2.52. The third-order valence-electron chi connectivity index (χ3n) is 3.18. The summed E-state index contributed by atoms with van der Waals surface area (Å²) in [5, 5.41) is 13.3. The van der Waals surface area contributed by atoms with E-state index in [9.17, 15) is 4.79 Å². The van der Waals surface area contributed by atoms with Crippen molar-refractivity contribution in [1.82, 2.24) is 9.97 Å². The van der Waals surface area contributed by atoms with E-state index in [1.54, 1.807) is 0 Å². The standard InChI is InChI=1S/C12H13N3O2S/c1-6-8-10(13-4-7-2-3-7)14-5-15-11(8)18-9(6)12(16)17/h5,7H,2-4H2,1H3,(H,16,17)(H,13,14,15). The highest BCUT2D eigenvalue weighted by Crippen LogP contribution is 2.34. The van der Waals surface area contributed by atoms with E-state index in [0.717, 1.165) is 34.1 Å². The molecule has 0 saturated heterocycles. The lowest BCUT2D eigenvalue weighted by molar-refractivity contribution is 0.0701. The topological polar surface area (TPSA) is 75.1 Å². The highest BCUT2D eigenvalue weighted by atomic mass is 32.1. The predicted molar refractivity (Wildman–Crippen MR) is 70.3 cm³/mol. The Bertz CT molecular complexity index is 619. The fraction of sp³-hybridized carbons (Fsp3) is 0.417. The number of aromatic nitrogens is 2. The van der Waals surface area contributed by atoms with Crippen molar-refractivity contribution in [3.8, 4) is 0 Å². The van der Waals surface area contributed by atoms with Gasteiger partial charge in [-0.2, -0.15) is 0 Å². The number of carbonyl (C=O) groups is 1. The first-order valence-corrected chi connectivity index (χ1v) is 6.69. The number of carboxylic acid groups (broad SMARTS) is 1. The third kappa shape index (κ3) is 1.92. The van der Waals surface area contributed by atoms with Crippen LogP contribution < -0.4 is 5.32 Å². The van der Waals surface area contributed by atoms with Gasteiger partial charge in [0.05, 0.1) is 5.39 Å². The Kier molecular flexibility index (Phi) is 2.66. The van der Waals surface area contributed by atoms with Crippen molar-refractivity contribution >= 4 is 33.3 Å². The number of fused-ring (bicyclic) bond motifs is 1. The number of rotatable bonds is 4. The second-order valence-electron chi connectivity index (χ2n) is 4.59. The van der Waals surface area contributed by atoms with Crippen molar-refractivity contribution in [2.45, 2.75) is 19.8 Å². The van der Waals surface area contributed by atoms with Crippen LogP contribution in [0.25, 0.3) is 10.2 Å². The van der Waals surface area contributed by atoms with Crippen molar-refractivity contribution in [1.29, 1.82) is 0 Å². The molecule has 94 valence electrons. The van der Waals surface area contributed by atoms with Gasteiger partial charge < -0.3 is 10.4 Å². The van der Waals surface area contributed by atoms with Crippen LogP contribution in [0.5, 0.6) is 0 Å². The SMILES string of the molecule is Cc1c(C(=O)O)sc2ncnc(NCC3CC3)c12. The molecular weight excluding hydrogens is 250 g/mol. The average Bonchev–Trinajstić information content (AvgIpc) is 3.10. The maximum absolute atomic E-state index is 11.1. The van der Waals surface area contributed by atoms with Gasteiger partial charge in [0, 0.05) is 6.54 Å². The van der Waals surface area contributed by atoms with Gasteiger partial charge in [-0.25, -0.2) is 14.8 Å². The van der Waals surface area contributed by atoms with E-state index in [4.69, 9.17) is 5.11 Å². The third-order valence-corrected chi connectivity index (χ3v) is 4.36. The van der Waals surface area contributed by atoms with Crippen molar-refractivity contribution in [3.63, 3.8) is 0 Å². The zero-order chi connectivity index (χ0) is 12.7. The van der Waals surface area contributed by atoms with Gasteiger partial charge in [-0.05, 0) is 31.2 Å². The van der Waals surface area contributed by atoms with Gasteiger partial charge in [-0.15, -0.1) is 11.3 Å². The van der Waals surface area contributed by atoms with Gasteiger partial charge in [-0.1, -0.05) is 0 Å². The summed E-state index contributed by atoms with van der Waals surface area (Å²) in [7, 11) is 0. The van der Waals surface area contributed by atoms with E-state index in [0.29, 0.717) is 4.88 Å². The van der Waals surface area contributed by atoms with Crippen molar-refractivity contribution in [2.75, 3.05) is 11.9 Å². The molecular formula is C12H13N3O2S. The maximum atomic E-state index is 11.1. The number of nitrogens with one attached hydrogen (secondary N) is 1. The van der Waals surface area contributed by atoms with E-state index in [-0.39, 0.29) is 0 Å². The summed E-state index contributed by atoms with van der Waals surface area (Å²) in [5.41, 5.74) is 0.751. The number of anilines is 1. The number of nitrogens with zero attached hydrogens (tertiary/aromatic N) is 2. The molecule has 2 aromatic rings. The quantitative estimate of drug-likeness (QED) is 0.886. The molecule has 5 nitrogen and oxygen atoms in total. The van der Waals surface area contributed by atoms with Crippen LogP contribution in [-0.2, 0) is 0 Å². The Balaban J connectivity index is 2.04. The maximum Gasteiger partial charge on any atom is 0.346 e. The van der Waals surface area contributed by atoms with E-state index >= 15 is 0 Å². The Hall–Kier alpha value is -1.69. The molecule has 2 N–H and O–H groups in total. The zero-order valence-corrected chi connectivity index (χ0v) is 10.8. The summed E-state index contributed by atoms with van der Waals surface area (Å²) in [6.45, 7) is 2.72. The molecule has 2 aromatic heterocycles. The zero-order valence-electron chi connectivity index (χ0n) is 9.93. The normalized spacial score (nSPS) is 14.9. The average molecular weight is 263 g/mol. The first-order chi connectivity index (χ1) is 8.66. The molecule has 1 fully saturated rings. The molecule has 0 unspecified atom stereocenters. The van der Waals surface area contributed by atoms with Crippen LogP contribution in [0, 0.1) is 12.8 Å². The number of thiophene rings is 1. The fourth-order valence-corrected chi connectivity index (χ4v) is 2.96. The lowest BCUT2D eigenvalue weighted by atomic mass is 10.2. The highest BCUT2D eigenvalue weighted by Gasteiger charge is 2.22. The first kappa shape index (κ1) is 11.4. The van der Waals surface area contributed by atoms with E-state index in [1.165, 1.54) is 30.5 Å². The molecule has 0 radical (unpaired) electrons. The minimum Gasteiger partial charge on any atom is -0.477 e. The first-order valence-electron chi connectivity index (χ1n) is 5.88. The summed E-state index contributed by atoms with van der Waals surface area (Å²) in [5.74, 6) is 0.602. The van der Waals surface area contributed by atoms with E-state index in [2.05, 4.69) is 15.3 Å². The Morgan fingerprint density at radius 3 is 3.00 bits per heavy atom. The summed E-state index contributed by atoms with van der Waals surface area (Å²) in [4.78, 5) is 20.6. The summed E-state index contributed by atoms with van der Waals surface area (Å²) < 4.78 is 0. The number of carboxylic acids is 1. The van der Waals surface area contributed by atoms with E-state index < -0.39 is 5.97 Å². The van der Waals surface area contributed by atoms with Crippen LogP contribution in [0.15, 0.2) is 6.33 Å². The molecule has 3 rings (SSSR count). The van der Waals surface area contributed by atoms with Gasteiger partial charge in [0.1, 0.15) is 21.9 Å². The second-order valence-corrected chi connectivity index (χ2v) is 5.59. The number of hydrogen-bond acceptors (Lipinski definition) is 5. The summed E-state index contributed by atoms with van der Waals surface area (Å²) in [6.07, 6.45) is 4.02. The van der Waals surface area contributed by atoms with E-state index in [1.807, 2.05) is 6.92 Å². The van der Waals surface area contributed by atoms with Crippen LogP contribution in [0.2, 0.25) is 0 Å². The number of hydrogen-bond donors (Lipinski definition) is 2. The lowest BCUT2D eigenvalue weighted by Crippen LogP contribution is -2.05. The summed E-state index contributed by atoms with van der Waals surface area (Å²) in [6, 6.07) is 0. The second kappa shape index (κ2) is 4.20. The fourth-order valence-electron chi connectivity index (χ4n) is 1.97. The molecule has 0 aliphatic heterocycles. The van der Waals surface area contributed by atoms with Crippen LogP contribution in [0.1, 0.15) is 28.1 Å². The molecule has 1 aliphatic rings. The minimum atomic E-state index is -0.899. The van der Waals surface area contributed by atoms with Gasteiger partial charge in [0.15, 0.2) is 0 Å². The van der Waals surface area contributed by atoms with Crippen LogP contribution in [-0.4, -0.2) is 27.6 Å². The molecule has 0 aromatic carbocycles. The number of aryl methyl sites for hydroxylation is 1. The largest absolute Gasteiger partial charge is 0.477 e. The van der Waals surface area contributed by atoms with Crippen LogP contribution in [0.4, 0.5) is 5.82 Å². The number of aromatic carboxylic acids is 1. The van der Waals surface area contributed by atoms with Crippen LogP contribution in [0.3, 0.4) is 0 Å². The molecule has 18 heavy (non-hydrogen) atoms. The van der Waals surface area contributed by atoms with Crippen molar-refractivity contribution in [3.05, 3.63) is 16.8 Å². The van der Waals surface area contributed by atoms with Crippen molar-refractivity contribution < 1.29 is 9.90 Å². The molecule has 1 saturated carbocycles. The highest BCUT2D eigenvalue weighted by molar-refractivity contribution is 7.20. The summed E-state index contributed by atoms with van der Waals surface area (Å²) >= 11 is 1.21. The van der Waals surface area contributed by atoms with Crippen molar-refractivity contribution in [2.24, 2.45) is 5.92 Å². The monoisotopic (exact) mass is 263 g/mol. The molecule has 1 aliphatic carbocycles. The van der Waals surface area contributed by atoms with Crippen LogP contribution >= 0.6 is 11.3 Å². The Labute approximate surface area is 108 Å². The van der Waals surface area contributed by atoms with Gasteiger partial charge in [0.25, 0.3) is 0 Å². The van der Waals surface area contributed by atoms with Gasteiger partial charge in [0.2, 0.25) is 0 Å². The lowest BCUT2D eigenvalue weighted by Gasteiger charge is -2.05. The molecule has 0 bridgehead atoms. The molecule has 0 amide bonds. The smallest absolute Gasteiger partial charge is 0.346 e. The molecule has 2 heterocycles. The minimum absolute atomic E-state index is 0.347.